The van der Waals surface area contributed by atoms with Crippen molar-refractivity contribution in [1.82, 2.24) is 9.97 Å². The number of nitrogens with zero attached hydrogens (tertiary/aromatic N) is 1. The predicted molar refractivity (Wildman–Crippen MR) is 77.5 cm³/mol. The lowest BCUT2D eigenvalue weighted by atomic mass is 9.73. The maximum absolute atomic E-state index is 12.5. The number of H-pyrrole nitrogens is 1. The standard InChI is InChI=1S/C16H20N2O2/c1-2-20-15(19)16(10-6-3-7-11-16)14-17-12-8-4-5-9-13(12)18-14/h4-5,8-9H,2-3,6-7,10-11H2,1H3,(H,17,18). The first-order chi connectivity index (χ1) is 9.76. The van der Waals surface area contributed by atoms with Gasteiger partial charge in [0.15, 0.2) is 0 Å². The quantitative estimate of drug-likeness (QED) is 0.872. The van der Waals surface area contributed by atoms with Crippen molar-refractivity contribution in [3.05, 3.63) is 30.1 Å². The molecule has 4 heteroatoms. The monoisotopic (exact) mass is 272 g/mol. The molecule has 0 spiro atoms. The van der Waals surface area contributed by atoms with Crippen LogP contribution in [0.25, 0.3) is 11.0 Å². The first-order valence-corrected chi connectivity index (χ1v) is 7.39. The number of para-hydroxylation sites is 2. The van der Waals surface area contributed by atoms with Gasteiger partial charge in [-0.05, 0) is 31.9 Å². The SMILES string of the molecule is CCOC(=O)C1(c2nc3ccccc3[nH]2)CCCCC1. The van der Waals surface area contributed by atoms with Crippen molar-refractivity contribution in [2.24, 2.45) is 0 Å². The molecular weight excluding hydrogens is 252 g/mol. The van der Waals surface area contributed by atoms with E-state index < -0.39 is 5.41 Å². The topological polar surface area (TPSA) is 55.0 Å². The van der Waals surface area contributed by atoms with Crippen molar-refractivity contribution in [1.29, 1.82) is 0 Å². The minimum absolute atomic E-state index is 0.126. The number of carbonyl (C=O) groups is 1. The number of rotatable bonds is 3. The molecule has 1 heterocycles. The van der Waals surface area contributed by atoms with Crippen LogP contribution in [0, 0.1) is 0 Å². The molecular formula is C16H20N2O2. The van der Waals surface area contributed by atoms with Crippen LogP contribution in [0.5, 0.6) is 0 Å². The number of imidazole rings is 1. The molecule has 1 fully saturated rings. The predicted octanol–water partition coefficient (Wildman–Crippen LogP) is 3.33. The molecule has 106 valence electrons. The molecule has 1 aromatic carbocycles. The molecule has 0 aliphatic heterocycles. The normalized spacial score (nSPS) is 18.1. The second-order valence-corrected chi connectivity index (χ2v) is 5.47. The summed E-state index contributed by atoms with van der Waals surface area (Å²) in [5.41, 5.74) is 1.32. The van der Waals surface area contributed by atoms with Crippen LogP contribution in [-0.4, -0.2) is 22.5 Å². The molecule has 0 unspecified atom stereocenters. The summed E-state index contributed by atoms with van der Waals surface area (Å²) in [6, 6.07) is 7.90. The maximum Gasteiger partial charge on any atom is 0.319 e. The first-order valence-electron chi connectivity index (χ1n) is 7.39. The summed E-state index contributed by atoms with van der Waals surface area (Å²) < 4.78 is 5.34. The van der Waals surface area contributed by atoms with E-state index in [1.54, 1.807) is 0 Å². The summed E-state index contributed by atoms with van der Waals surface area (Å²) in [7, 11) is 0. The minimum Gasteiger partial charge on any atom is -0.465 e. The zero-order valence-corrected chi connectivity index (χ0v) is 11.8. The highest BCUT2D eigenvalue weighted by atomic mass is 16.5. The Hall–Kier alpha value is -1.84. The van der Waals surface area contributed by atoms with Crippen LogP contribution < -0.4 is 0 Å². The van der Waals surface area contributed by atoms with Gasteiger partial charge in [0.25, 0.3) is 0 Å². The third-order valence-corrected chi connectivity index (χ3v) is 4.22. The smallest absolute Gasteiger partial charge is 0.319 e. The molecule has 0 bridgehead atoms. The number of ether oxygens (including phenoxy) is 1. The Labute approximate surface area is 118 Å². The lowest BCUT2D eigenvalue weighted by Crippen LogP contribution is -2.40. The van der Waals surface area contributed by atoms with Gasteiger partial charge in [-0.15, -0.1) is 0 Å². The number of aromatic amines is 1. The Kier molecular flexibility index (Phi) is 3.47. The van der Waals surface area contributed by atoms with Gasteiger partial charge in [0.05, 0.1) is 17.6 Å². The summed E-state index contributed by atoms with van der Waals surface area (Å²) in [4.78, 5) is 20.5. The summed E-state index contributed by atoms with van der Waals surface area (Å²) >= 11 is 0. The molecule has 3 rings (SSSR count). The van der Waals surface area contributed by atoms with Crippen molar-refractivity contribution in [2.45, 2.75) is 44.4 Å². The number of hydrogen-bond acceptors (Lipinski definition) is 3. The maximum atomic E-state index is 12.5. The van der Waals surface area contributed by atoms with E-state index in [0.29, 0.717) is 6.61 Å². The molecule has 0 amide bonds. The highest BCUT2D eigenvalue weighted by Gasteiger charge is 2.45. The summed E-state index contributed by atoms with van der Waals surface area (Å²) in [6.07, 6.45) is 4.93. The van der Waals surface area contributed by atoms with Crippen molar-refractivity contribution in [3.63, 3.8) is 0 Å². The number of benzene rings is 1. The van der Waals surface area contributed by atoms with Crippen LogP contribution in [0.1, 0.15) is 44.9 Å². The number of esters is 1. The van der Waals surface area contributed by atoms with Crippen molar-refractivity contribution in [3.8, 4) is 0 Å². The summed E-state index contributed by atoms with van der Waals surface area (Å²) in [5, 5.41) is 0. The average molecular weight is 272 g/mol. The third-order valence-electron chi connectivity index (χ3n) is 4.22. The Balaban J connectivity index is 2.06. The second-order valence-electron chi connectivity index (χ2n) is 5.47. The minimum atomic E-state index is -0.576. The lowest BCUT2D eigenvalue weighted by Gasteiger charge is -2.32. The van der Waals surface area contributed by atoms with Crippen molar-refractivity contribution in [2.75, 3.05) is 6.61 Å². The van der Waals surface area contributed by atoms with Crippen molar-refractivity contribution < 1.29 is 9.53 Å². The van der Waals surface area contributed by atoms with Crippen LogP contribution in [-0.2, 0) is 14.9 Å². The summed E-state index contributed by atoms with van der Waals surface area (Å²) in [6.45, 7) is 2.27. The zero-order valence-electron chi connectivity index (χ0n) is 11.8. The third kappa shape index (κ3) is 2.09. The molecule has 1 saturated carbocycles. The van der Waals surface area contributed by atoms with E-state index in [1.165, 1.54) is 6.42 Å². The second kappa shape index (κ2) is 5.27. The van der Waals surface area contributed by atoms with Crippen LogP contribution >= 0.6 is 0 Å². The largest absolute Gasteiger partial charge is 0.465 e. The van der Waals surface area contributed by atoms with E-state index in [1.807, 2.05) is 31.2 Å². The average Bonchev–Trinajstić information content (AvgIpc) is 2.92. The lowest BCUT2D eigenvalue weighted by molar-refractivity contribution is -0.152. The van der Waals surface area contributed by atoms with Crippen LogP contribution in [0.15, 0.2) is 24.3 Å². The molecule has 20 heavy (non-hydrogen) atoms. The van der Waals surface area contributed by atoms with E-state index in [9.17, 15) is 4.79 Å². The molecule has 0 atom stereocenters. The summed E-state index contributed by atoms with van der Waals surface area (Å²) in [5.74, 6) is 0.649. The fourth-order valence-corrected chi connectivity index (χ4v) is 3.14. The van der Waals surface area contributed by atoms with Gasteiger partial charge in [-0.25, -0.2) is 4.98 Å². The Morgan fingerprint density at radius 1 is 1.30 bits per heavy atom. The Morgan fingerprint density at radius 2 is 2.05 bits per heavy atom. The molecule has 1 aromatic heterocycles. The Morgan fingerprint density at radius 3 is 2.75 bits per heavy atom. The van der Waals surface area contributed by atoms with Gasteiger partial charge in [-0.2, -0.15) is 0 Å². The van der Waals surface area contributed by atoms with Gasteiger partial charge < -0.3 is 9.72 Å². The van der Waals surface area contributed by atoms with Crippen LogP contribution in [0.4, 0.5) is 0 Å². The van der Waals surface area contributed by atoms with E-state index >= 15 is 0 Å². The van der Waals surface area contributed by atoms with Gasteiger partial charge in [0, 0.05) is 0 Å². The van der Waals surface area contributed by atoms with Gasteiger partial charge in [-0.1, -0.05) is 31.4 Å². The fourth-order valence-electron chi connectivity index (χ4n) is 3.14. The Bertz CT molecular complexity index is 579. The van der Waals surface area contributed by atoms with Gasteiger partial charge in [0.2, 0.25) is 0 Å². The molecule has 1 aliphatic rings. The van der Waals surface area contributed by atoms with E-state index in [0.717, 1.165) is 42.5 Å². The van der Waals surface area contributed by atoms with Gasteiger partial charge in [-0.3, -0.25) is 4.79 Å². The van der Waals surface area contributed by atoms with Crippen molar-refractivity contribution >= 4 is 17.0 Å². The molecule has 1 aliphatic carbocycles. The molecule has 1 N–H and O–H groups in total. The van der Waals surface area contributed by atoms with Gasteiger partial charge >= 0.3 is 5.97 Å². The van der Waals surface area contributed by atoms with E-state index in [-0.39, 0.29) is 5.97 Å². The molecule has 2 aromatic rings. The highest BCUT2D eigenvalue weighted by molar-refractivity contribution is 5.84. The van der Waals surface area contributed by atoms with Crippen LogP contribution in [0.2, 0.25) is 0 Å². The highest BCUT2D eigenvalue weighted by Crippen LogP contribution is 2.39. The molecule has 0 radical (unpaired) electrons. The van der Waals surface area contributed by atoms with E-state index in [4.69, 9.17) is 4.74 Å². The first kappa shape index (κ1) is 13.2. The van der Waals surface area contributed by atoms with Gasteiger partial charge in [0.1, 0.15) is 11.2 Å². The number of carbonyl (C=O) groups excluding carboxylic acids is 1. The number of aromatic nitrogens is 2. The molecule has 4 nitrogen and oxygen atoms in total. The fraction of sp³-hybridized carbons (Fsp3) is 0.500. The van der Waals surface area contributed by atoms with Crippen LogP contribution in [0.3, 0.4) is 0 Å². The molecule has 0 saturated heterocycles. The number of fused-ring (bicyclic) bond motifs is 1. The zero-order chi connectivity index (χ0) is 14.0. The number of hydrogen-bond donors (Lipinski definition) is 1. The number of nitrogens with one attached hydrogen (secondary N) is 1. The van der Waals surface area contributed by atoms with E-state index in [2.05, 4.69) is 9.97 Å².